The molecule has 2 rings (SSSR count). The summed E-state index contributed by atoms with van der Waals surface area (Å²) in [7, 11) is 1.47. The zero-order chi connectivity index (χ0) is 12.5. The predicted molar refractivity (Wildman–Crippen MR) is 68.1 cm³/mol. The molecule has 2 nitrogen and oxygen atoms in total. The molecule has 1 fully saturated rings. The van der Waals surface area contributed by atoms with Crippen LogP contribution in [0.5, 0.6) is 5.75 Å². The number of halogens is 2. The third-order valence-corrected chi connectivity index (χ3v) is 4.08. The van der Waals surface area contributed by atoms with E-state index in [0.29, 0.717) is 4.47 Å². The van der Waals surface area contributed by atoms with Crippen molar-refractivity contribution in [2.24, 2.45) is 0 Å². The third-order valence-electron chi connectivity index (χ3n) is 3.50. The minimum atomic E-state index is -0.315. The lowest BCUT2D eigenvalue weighted by Gasteiger charge is -2.34. The molecule has 0 aliphatic carbocycles. The van der Waals surface area contributed by atoms with Gasteiger partial charge in [-0.2, -0.15) is 0 Å². The first-order chi connectivity index (χ1) is 8.07. The van der Waals surface area contributed by atoms with Gasteiger partial charge in [0.1, 0.15) is 0 Å². The molecule has 0 saturated carbocycles. The molecule has 0 atom stereocenters. The fraction of sp³-hybridized carbons (Fsp3) is 0.538. The number of rotatable bonds is 2. The molecule has 17 heavy (non-hydrogen) atoms. The van der Waals surface area contributed by atoms with E-state index in [1.54, 1.807) is 6.07 Å². The van der Waals surface area contributed by atoms with Crippen molar-refractivity contribution in [3.8, 4) is 5.75 Å². The van der Waals surface area contributed by atoms with E-state index < -0.39 is 0 Å². The van der Waals surface area contributed by atoms with Crippen LogP contribution in [0.2, 0.25) is 0 Å². The zero-order valence-corrected chi connectivity index (χ0v) is 11.6. The number of hydrogen-bond acceptors (Lipinski definition) is 2. The molecule has 1 heterocycles. The van der Waals surface area contributed by atoms with Crippen molar-refractivity contribution in [1.29, 1.82) is 0 Å². The maximum Gasteiger partial charge on any atom is 0.168 e. The van der Waals surface area contributed by atoms with Gasteiger partial charge in [-0.3, -0.25) is 0 Å². The summed E-state index contributed by atoms with van der Waals surface area (Å²) in [5.74, 6) is -0.0472. The first kappa shape index (κ1) is 12.8. The topological polar surface area (TPSA) is 18.5 Å². The van der Waals surface area contributed by atoms with E-state index in [0.717, 1.165) is 31.6 Å². The Morgan fingerprint density at radius 3 is 2.53 bits per heavy atom. The highest BCUT2D eigenvalue weighted by atomic mass is 79.9. The van der Waals surface area contributed by atoms with Gasteiger partial charge in [0.15, 0.2) is 11.6 Å². The summed E-state index contributed by atoms with van der Waals surface area (Å²) in [4.78, 5) is 0. The van der Waals surface area contributed by atoms with Gasteiger partial charge in [-0.05, 0) is 51.9 Å². The average molecular weight is 303 g/mol. The van der Waals surface area contributed by atoms with Gasteiger partial charge in [0, 0.05) is 13.2 Å². The molecule has 4 heteroatoms. The van der Waals surface area contributed by atoms with E-state index in [1.165, 1.54) is 7.11 Å². The Kier molecular flexibility index (Phi) is 3.73. The van der Waals surface area contributed by atoms with Crippen LogP contribution in [0.1, 0.15) is 25.3 Å². The van der Waals surface area contributed by atoms with Crippen LogP contribution in [0.3, 0.4) is 0 Å². The lowest BCUT2D eigenvalue weighted by molar-refractivity contribution is 0.0563. The predicted octanol–water partition coefficient (Wildman–Crippen LogP) is 3.66. The lowest BCUT2D eigenvalue weighted by atomic mass is 9.76. The largest absolute Gasteiger partial charge is 0.492 e. The minimum Gasteiger partial charge on any atom is -0.492 e. The van der Waals surface area contributed by atoms with Crippen LogP contribution in [0.25, 0.3) is 0 Å². The highest BCUT2D eigenvalue weighted by Crippen LogP contribution is 2.39. The smallest absolute Gasteiger partial charge is 0.168 e. The Morgan fingerprint density at radius 1 is 1.35 bits per heavy atom. The van der Waals surface area contributed by atoms with E-state index in [2.05, 4.69) is 22.9 Å². The number of ether oxygens (including phenoxy) is 2. The molecule has 1 aromatic carbocycles. The Morgan fingerprint density at radius 2 is 2.00 bits per heavy atom. The van der Waals surface area contributed by atoms with Gasteiger partial charge in [0.25, 0.3) is 0 Å². The molecule has 0 radical (unpaired) electrons. The van der Waals surface area contributed by atoms with Gasteiger partial charge < -0.3 is 9.47 Å². The molecule has 1 aliphatic rings. The highest BCUT2D eigenvalue weighted by Gasteiger charge is 2.30. The fourth-order valence-corrected chi connectivity index (χ4v) is 2.81. The highest BCUT2D eigenvalue weighted by molar-refractivity contribution is 9.10. The normalized spacial score (nSPS) is 19.1. The van der Waals surface area contributed by atoms with E-state index in [4.69, 9.17) is 9.47 Å². The van der Waals surface area contributed by atoms with Crippen LogP contribution in [-0.2, 0) is 10.2 Å². The Balaban J connectivity index is 2.39. The van der Waals surface area contributed by atoms with Gasteiger partial charge in [-0.1, -0.05) is 6.92 Å². The number of hydrogen-bond donors (Lipinski definition) is 0. The fourth-order valence-electron chi connectivity index (χ4n) is 2.21. The summed E-state index contributed by atoms with van der Waals surface area (Å²) in [6.45, 7) is 3.63. The van der Waals surface area contributed by atoms with Crippen molar-refractivity contribution < 1.29 is 13.9 Å². The van der Waals surface area contributed by atoms with Crippen LogP contribution < -0.4 is 4.74 Å². The van der Waals surface area contributed by atoms with E-state index in [-0.39, 0.29) is 17.0 Å². The van der Waals surface area contributed by atoms with Crippen LogP contribution >= 0.6 is 15.9 Å². The maximum atomic E-state index is 13.9. The molecule has 1 aliphatic heterocycles. The van der Waals surface area contributed by atoms with Crippen molar-refractivity contribution in [1.82, 2.24) is 0 Å². The standard InChI is InChI=1S/C13H16BrFO2/c1-13(3-5-17-6-4-13)9-7-10(14)12(16-2)11(15)8-9/h7-8H,3-6H2,1-2H3. The molecule has 0 aromatic heterocycles. The Labute approximate surface area is 109 Å². The van der Waals surface area contributed by atoms with Crippen molar-refractivity contribution in [3.63, 3.8) is 0 Å². The van der Waals surface area contributed by atoms with Crippen molar-refractivity contribution in [2.75, 3.05) is 20.3 Å². The van der Waals surface area contributed by atoms with Gasteiger partial charge in [0.05, 0.1) is 11.6 Å². The summed E-state index contributed by atoms with van der Waals surface area (Å²) in [5, 5.41) is 0. The summed E-state index contributed by atoms with van der Waals surface area (Å²) in [6.07, 6.45) is 1.84. The van der Waals surface area contributed by atoms with Gasteiger partial charge in [0.2, 0.25) is 0 Å². The van der Waals surface area contributed by atoms with Crippen molar-refractivity contribution in [2.45, 2.75) is 25.2 Å². The third kappa shape index (κ3) is 2.47. The molecule has 0 unspecified atom stereocenters. The first-order valence-electron chi connectivity index (χ1n) is 5.68. The summed E-state index contributed by atoms with van der Waals surface area (Å²) >= 11 is 3.35. The molecule has 1 saturated heterocycles. The van der Waals surface area contributed by atoms with E-state index >= 15 is 0 Å². The minimum absolute atomic E-state index is 0.00607. The van der Waals surface area contributed by atoms with Crippen LogP contribution in [0, 0.1) is 5.82 Å². The maximum absolute atomic E-state index is 13.9. The second-order valence-corrected chi connectivity index (χ2v) is 5.50. The molecular formula is C13H16BrFO2. The SMILES string of the molecule is COc1c(F)cc(C2(C)CCOCC2)cc1Br. The molecule has 1 aromatic rings. The number of benzene rings is 1. The number of methoxy groups -OCH3 is 1. The van der Waals surface area contributed by atoms with E-state index in [1.807, 2.05) is 6.07 Å². The van der Waals surface area contributed by atoms with E-state index in [9.17, 15) is 4.39 Å². The zero-order valence-electron chi connectivity index (χ0n) is 10.1. The molecule has 0 amide bonds. The van der Waals surface area contributed by atoms with Crippen LogP contribution in [0.15, 0.2) is 16.6 Å². The molecular weight excluding hydrogens is 287 g/mol. The second kappa shape index (κ2) is 4.94. The van der Waals surface area contributed by atoms with Gasteiger partial charge in [-0.15, -0.1) is 0 Å². The lowest BCUT2D eigenvalue weighted by Crippen LogP contribution is -2.30. The van der Waals surface area contributed by atoms with Crippen LogP contribution in [-0.4, -0.2) is 20.3 Å². The van der Waals surface area contributed by atoms with Crippen molar-refractivity contribution >= 4 is 15.9 Å². The van der Waals surface area contributed by atoms with Gasteiger partial charge >= 0.3 is 0 Å². The first-order valence-corrected chi connectivity index (χ1v) is 6.47. The Hall–Kier alpha value is -0.610. The second-order valence-electron chi connectivity index (χ2n) is 4.65. The summed E-state index contributed by atoms with van der Waals surface area (Å²) in [5.41, 5.74) is 0.999. The molecule has 94 valence electrons. The van der Waals surface area contributed by atoms with Crippen LogP contribution in [0.4, 0.5) is 4.39 Å². The Bertz CT molecular complexity index is 391. The summed E-state index contributed by atoms with van der Waals surface area (Å²) in [6, 6.07) is 3.53. The average Bonchev–Trinajstić information content (AvgIpc) is 2.29. The molecule has 0 bridgehead atoms. The monoisotopic (exact) mass is 302 g/mol. The molecule has 0 N–H and O–H groups in total. The molecule has 0 spiro atoms. The van der Waals surface area contributed by atoms with Gasteiger partial charge in [-0.25, -0.2) is 4.39 Å². The quantitative estimate of drug-likeness (QED) is 0.830. The summed E-state index contributed by atoms with van der Waals surface area (Å²) < 4.78 is 24.9. The van der Waals surface area contributed by atoms with Crippen molar-refractivity contribution in [3.05, 3.63) is 28.0 Å².